The molecule has 26 heavy (non-hydrogen) atoms. The minimum atomic E-state index is -0.0857. The van der Waals surface area contributed by atoms with E-state index >= 15 is 0 Å². The van der Waals surface area contributed by atoms with Crippen LogP contribution in [-0.4, -0.2) is 31.1 Å². The first-order valence-electron chi connectivity index (χ1n) is 8.91. The number of likely N-dealkylation sites (tertiary alicyclic amines) is 1. The Morgan fingerprint density at radius 1 is 1.12 bits per heavy atom. The van der Waals surface area contributed by atoms with Crippen molar-refractivity contribution < 1.29 is 14.3 Å². The average Bonchev–Trinajstić information content (AvgIpc) is 2.69. The SMILES string of the molecule is COC(=O)C1CCN(Cc2c(Br)cccc2OCc2ccccc2)CC1. The second-order valence-electron chi connectivity index (χ2n) is 6.56. The number of piperidine rings is 1. The molecule has 1 fully saturated rings. The fraction of sp³-hybridized carbons (Fsp3) is 0.381. The van der Waals surface area contributed by atoms with Crippen molar-refractivity contribution in [1.29, 1.82) is 0 Å². The number of rotatable bonds is 6. The Morgan fingerprint density at radius 3 is 2.54 bits per heavy atom. The van der Waals surface area contributed by atoms with Gasteiger partial charge in [0, 0.05) is 16.6 Å². The maximum Gasteiger partial charge on any atom is 0.308 e. The number of methoxy groups -OCH3 is 1. The van der Waals surface area contributed by atoms with Crippen molar-refractivity contribution in [1.82, 2.24) is 4.90 Å². The quantitative estimate of drug-likeness (QED) is 0.652. The van der Waals surface area contributed by atoms with Gasteiger partial charge in [0.2, 0.25) is 0 Å². The molecule has 0 amide bonds. The van der Waals surface area contributed by atoms with E-state index in [1.165, 1.54) is 7.11 Å². The zero-order valence-corrected chi connectivity index (χ0v) is 16.6. The van der Waals surface area contributed by atoms with E-state index in [0.717, 1.165) is 53.8 Å². The van der Waals surface area contributed by atoms with Crippen LogP contribution in [0.4, 0.5) is 0 Å². The molecule has 0 unspecified atom stereocenters. The van der Waals surface area contributed by atoms with Crippen molar-refractivity contribution in [3.05, 3.63) is 64.1 Å². The van der Waals surface area contributed by atoms with Crippen molar-refractivity contribution in [2.24, 2.45) is 5.92 Å². The fourth-order valence-electron chi connectivity index (χ4n) is 3.28. The van der Waals surface area contributed by atoms with E-state index in [4.69, 9.17) is 9.47 Å². The number of carbonyl (C=O) groups excluding carboxylic acids is 1. The van der Waals surface area contributed by atoms with Gasteiger partial charge in [0.1, 0.15) is 12.4 Å². The summed E-state index contributed by atoms with van der Waals surface area (Å²) in [6, 6.07) is 16.2. The summed E-state index contributed by atoms with van der Waals surface area (Å²) in [5.74, 6) is 0.847. The van der Waals surface area contributed by atoms with Gasteiger partial charge in [-0.1, -0.05) is 52.3 Å². The van der Waals surface area contributed by atoms with Gasteiger partial charge in [0.05, 0.1) is 13.0 Å². The zero-order chi connectivity index (χ0) is 18.4. The Hall–Kier alpha value is -1.85. The summed E-state index contributed by atoms with van der Waals surface area (Å²) in [7, 11) is 1.46. The molecule has 3 rings (SSSR count). The monoisotopic (exact) mass is 417 g/mol. The van der Waals surface area contributed by atoms with Gasteiger partial charge in [-0.15, -0.1) is 0 Å². The molecule has 0 bridgehead atoms. The molecule has 0 N–H and O–H groups in total. The van der Waals surface area contributed by atoms with Crippen LogP contribution in [0.25, 0.3) is 0 Å². The molecule has 4 nitrogen and oxygen atoms in total. The average molecular weight is 418 g/mol. The van der Waals surface area contributed by atoms with Crippen molar-refractivity contribution in [3.8, 4) is 5.75 Å². The smallest absolute Gasteiger partial charge is 0.308 e. The summed E-state index contributed by atoms with van der Waals surface area (Å²) in [6.45, 7) is 3.13. The Bertz CT molecular complexity index is 727. The number of hydrogen-bond donors (Lipinski definition) is 0. The van der Waals surface area contributed by atoms with Crippen LogP contribution in [0.1, 0.15) is 24.0 Å². The van der Waals surface area contributed by atoms with E-state index in [-0.39, 0.29) is 11.9 Å². The van der Waals surface area contributed by atoms with E-state index in [1.807, 2.05) is 36.4 Å². The highest BCUT2D eigenvalue weighted by Gasteiger charge is 2.26. The highest BCUT2D eigenvalue weighted by Crippen LogP contribution is 2.30. The van der Waals surface area contributed by atoms with Crippen molar-refractivity contribution in [2.75, 3.05) is 20.2 Å². The van der Waals surface area contributed by atoms with Gasteiger partial charge in [0.15, 0.2) is 0 Å². The van der Waals surface area contributed by atoms with Crippen LogP contribution in [0.15, 0.2) is 53.0 Å². The van der Waals surface area contributed by atoms with Gasteiger partial charge in [-0.05, 0) is 43.6 Å². The first kappa shape index (κ1) is 18.9. The summed E-state index contributed by atoms with van der Waals surface area (Å²) >= 11 is 3.67. The van der Waals surface area contributed by atoms with E-state index in [0.29, 0.717) is 6.61 Å². The summed E-state index contributed by atoms with van der Waals surface area (Å²) in [6.07, 6.45) is 1.69. The summed E-state index contributed by atoms with van der Waals surface area (Å²) in [5, 5.41) is 0. The van der Waals surface area contributed by atoms with Crippen LogP contribution in [0.5, 0.6) is 5.75 Å². The molecular formula is C21H24BrNO3. The lowest BCUT2D eigenvalue weighted by atomic mass is 9.96. The third-order valence-electron chi connectivity index (χ3n) is 4.82. The lowest BCUT2D eigenvalue weighted by molar-refractivity contribution is -0.147. The second-order valence-corrected chi connectivity index (χ2v) is 7.42. The molecule has 2 aromatic rings. The van der Waals surface area contributed by atoms with Gasteiger partial charge in [-0.2, -0.15) is 0 Å². The Kier molecular flexibility index (Phi) is 6.69. The molecule has 138 valence electrons. The second kappa shape index (κ2) is 9.19. The number of ether oxygens (including phenoxy) is 2. The molecule has 0 aromatic heterocycles. The Balaban J connectivity index is 1.63. The lowest BCUT2D eigenvalue weighted by Crippen LogP contribution is -2.36. The third kappa shape index (κ3) is 4.86. The van der Waals surface area contributed by atoms with Crippen LogP contribution in [0.3, 0.4) is 0 Å². The van der Waals surface area contributed by atoms with E-state index in [9.17, 15) is 4.79 Å². The normalized spacial score (nSPS) is 15.6. The molecule has 5 heteroatoms. The summed E-state index contributed by atoms with van der Waals surface area (Å²) < 4.78 is 12.0. The fourth-order valence-corrected chi connectivity index (χ4v) is 3.75. The van der Waals surface area contributed by atoms with Gasteiger partial charge >= 0.3 is 5.97 Å². The highest BCUT2D eigenvalue weighted by molar-refractivity contribution is 9.10. The van der Waals surface area contributed by atoms with Gasteiger partial charge in [-0.25, -0.2) is 0 Å². The van der Waals surface area contributed by atoms with Crippen LogP contribution in [-0.2, 0) is 22.7 Å². The molecule has 1 aliphatic rings. The first-order valence-corrected chi connectivity index (χ1v) is 9.71. The van der Waals surface area contributed by atoms with Crippen molar-refractivity contribution in [3.63, 3.8) is 0 Å². The Morgan fingerprint density at radius 2 is 1.85 bits per heavy atom. The zero-order valence-electron chi connectivity index (χ0n) is 15.0. The van der Waals surface area contributed by atoms with Gasteiger partial charge in [-0.3, -0.25) is 9.69 Å². The van der Waals surface area contributed by atoms with Crippen molar-refractivity contribution >= 4 is 21.9 Å². The van der Waals surface area contributed by atoms with Gasteiger partial charge in [0.25, 0.3) is 0 Å². The lowest BCUT2D eigenvalue weighted by Gasteiger charge is -2.31. The van der Waals surface area contributed by atoms with E-state index in [2.05, 4.69) is 33.0 Å². The number of benzene rings is 2. The van der Waals surface area contributed by atoms with E-state index in [1.54, 1.807) is 0 Å². The number of carbonyl (C=O) groups is 1. The van der Waals surface area contributed by atoms with Crippen LogP contribution >= 0.6 is 15.9 Å². The topological polar surface area (TPSA) is 38.8 Å². The largest absolute Gasteiger partial charge is 0.489 e. The molecule has 1 saturated heterocycles. The highest BCUT2D eigenvalue weighted by atomic mass is 79.9. The first-order chi connectivity index (χ1) is 12.7. The molecule has 1 aliphatic heterocycles. The number of halogens is 1. The predicted octanol–water partition coefficient (Wildman–Crippen LogP) is 4.41. The van der Waals surface area contributed by atoms with Crippen LogP contribution in [0.2, 0.25) is 0 Å². The molecule has 0 spiro atoms. The molecule has 1 heterocycles. The summed E-state index contributed by atoms with van der Waals surface area (Å²) in [5.41, 5.74) is 2.30. The number of esters is 1. The third-order valence-corrected chi connectivity index (χ3v) is 5.56. The molecular weight excluding hydrogens is 394 g/mol. The minimum absolute atomic E-state index is 0.0317. The van der Waals surface area contributed by atoms with Crippen LogP contribution in [0, 0.1) is 5.92 Å². The van der Waals surface area contributed by atoms with Gasteiger partial charge < -0.3 is 9.47 Å². The maximum absolute atomic E-state index is 11.7. The van der Waals surface area contributed by atoms with Crippen LogP contribution < -0.4 is 4.74 Å². The molecule has 2 aromatic carbocycles. The molecule has 0 radical (unpaired) electrons. The number of hydrogen-bond acceptors (Lipinski definition) is 4. The molecule has 0 atom stereocenters. The predicted molar refractivity (Wildman–Crippen MR) is 105 cm³/mol. The van der Waals surface area contributed by atoms with Crippen molar-refractivity contribution in [2.45, 2.75) is 26.0 Å². The summed E-state index contributed by atoms with van der Waals surface area (Å²) in [4.78, 5) is 14.1. The molecule has 0 aliphatic carbocycles. The standard InChI is InChI=1S/C21H24BrNO3/c1-25-21(24)17-10-12-23(13-11-17)14-18-19(22)8-5-9-20(18)26-15-16-6-3-2-4-7-16/h2-9,17H,10-15H2,1H3. The molecule has 0 saturated carbocycles. The minimum Gasteiger partial charge on any atom is -0.489 e. The Labute approximate surface area is 163 Å². The van der Waals surface area contributed by atoms with E-state index < -0.39 is 0 Å². The number of nitrogens with zero attached hydrogens (tertiary/aromatic N) is 1. The maximum atomic E-state index is 11.7.